The van der Waals surface area contributed by atoms with Crippen LogP contribution in [0.15, 0.2) is 47.8 Å². The van der Waals surface area contributed by atoms with Crippen molar-refractivity contribution in [3.63, 3.8) is 0 Å². The van der Waals surface area contributed by atoms with Gasteiger partial charge in [0, 0.05) is 24.6 Å². The molecule has 1 aromatic carbocycles. The van der Waals surface area contributed by atoms with Gasteiger partial charge in [0.15, 0.2) is 0 Å². The molecule has 2 N–H and O–H groups in total. The normalized spacial score (nSPS) is 10.5. The minimum atomic E-state index is -0.232. The molecule has 0 radical (unpaired) electrons. The van der Waals surface area contributed by atoms with Crippen molar-refractivity contribution in [1.29, 1.82) is 0 Å². The molecule has 1 rings (SSSR count). The topological polar surface area (TPSA) is 29.3 Å². The molecule has 0 saturated heterocycles. The number of hydrogen-bond donors (Lipinski definition) is 1. The molecule has 0 aliphatic heterocycles. The molecule has 1 aromatic rings. The van der Waals surface area contributed by atoms with Crippen LogP contribution in [0.5, 0.6) is 0 Å². The second kappa shape index (κ2) is 5.35. The van der Waals surface area contributed by atoms with Gasteiger partial charge in [-0.05, 0) is 44.2 Å². The number of anilines is 1. The van der Waals surface area contributed by atoms with Crippen molar-refractivity contribution in [2.45, 2.75) is 13.8 Å². The molecule has 0 unspecified atom stereocenters. The summed E-state index contributed by atoms with van der Waals surface area (Å²) < 4.78 is 12.7. The predicted octanol–water partition coefficient (Wildman–Crippen LogP) is 3.03. The quantitative estimate of drug-likeness (QED) is 0.793. The van der Waals surface area contributed by atoms with Gasteiger partial charge < -0.3 is 10.6 Å². The first kappa shape index (κ1) is 12.3. The Bertz CT molecular complexity index is 400. The van der Waals surface area contributed by atoms with Crippen LogP contribution in [0.3, 0.4) is 0 Å². The summed E-state index contributed by atoms with van der Waals surface area (Å²) in [6.07, 6.45) is 3.69. The van der Waals surface area contributed by atoms with Crippen molar-refractivity contribution >= 4 is 5.69 Å². The van der Waals surface area contributed by atoms with Crippen LogP contribution < -0.4 is 10.6 Å². The lowest BCUT2D eigenvalue weighted by Gasteiger charge is -2.13. The Morgan fingerprint density at radius 1 is 1.25 bits per heavy atom. The molecule has 0 fully saturated rings. The lowest BCUT2D eigenvalue weighted by molar-refractivity contribution is 0.628. The first-order valence-electron chi connectivity index (χ1n) is 5.10. The van der Waals surface area contributed by atoms with Crippen molar-refractivity contribution in [2.24, 2.45) is 5.73 Å². The van der Waals surface area contributed by atoms with Crippen LogP contribution in [0.4, 0.5) is 10.1 Å². The Morgan fingerprint density at radius 2 is 1.81 bits per heavy atom. The Kier molecular flexibility index (Phi) is 4.11. The molecule has 0 aliphatic rings. The van der Waals surface area contributed by atoms with Crippen LogP contribution in [0.25, 0.3) is 0 Å². The third kappa shape index (κ3) is 3.42. The van der Waals surface area contributed by atoms with E-state index >= 15 is 0 Å². The van der Waals surface area contributed by atoms with Gasteiger partial charge in [0.2, 0.25) is 0 Å². The van der Waals surface area contributed by atoms with E-state index < -0.39 is 0 Å². The van der Waals surface area contributed by atoms with E-state index in [4.69, 9.17) is 5.73 Å². The number of hydrogen-bond acceptors (Lipinski definition) is 2. The minimum absolute atomic E-state index is 0.232. The van der Waals surface area contributed by atoms with Crippen LogP contribution >= 0.6 is 0 Å². The van der Waals surface area contributed by atoms with Crippen molar-refractivity contribution in [2.75, 3.05) is 11.9 Å². The number of rotatable bonds is 3. The summed E-state index contributed by atoms with van der Waals surface area (Å²) >= 11 is 0. The highest BCUT2D eigenvalue weighted by Crippen LogP contribution is 2.13. The lowest BCUT2D eigenvalue weighted by Crippen LogP contribution is -2.08. The monoisotopic (exact) mass is 220 g/mol. The van der Waals surface area contributed by atoms with E-state index in [-0.39, 0.29) is 5.82 Å². The van der Waals surface area contributed by atoms with Gasteiger partial charge in [0.25, 0.3) is 0 Å². The highest BCUT2D eigenvalue weighted by molar-refractivity contribution is 5.48. The largest absolute Gasteiger partial charge is 0.399 e. The third-order valence-electron chi connectivity index (χ3n) is 2.29. The van der Waals surface area contributed by atoms with Crippen LogP contribution in [-0.4, -0.2) is 7.05 Å². The molecule has 0 bridgehead atoms. The van der Waals surface area contributed by atoms with Gasteiger partial charge in [-0.15, -0.1) is 0 Å². The fourth-order valence-electron chi connectivity index (χ4n) is 1.12. The van der Waals surface area contributed by atoms with Crippen LogP contribution in [0.1, 0.15) is 13.8 Å². The molecule has 0 spiro atoms. The number of benzene rings is 1. The molecule has 0 heterocycles. The van der Waals surface area contributed by atoms with Crippen molar-refractivity contribution in [3.05, 3.63) is 53.6 Å². The predicted molar refractivity (Wildman–Crippen MR) is 66.5 cm³/mol. The van der Waals surface area contributed by atoms with Gasteiger partial charge in [0.1, 0.15) is 5.82 Å². The number of nitrogens with two attached hydrogens (primary N) is 1. The highest BCUT2D eigenvalue weighted by Gasteiger charge is 1.97. The Labute approximate surface area is 95.9 Å². The van der Waals surface area contributed by atoms with E-state index in [0.717, 1.165) is 17.0 Å². The smallest absolute Gasteiger partial charge is 0.123 e. The highest BCUT2D eigenvalue weighted by atomic mass is 19.1. The van der Waals surface area contributed by atoms with E-state index in [0.29, 0.717) is 0 Å². The fourth-order valence-corrected chi connectivity index (χ4v) is 1.12. The summed E-state index contributed by atoms with van der Waals surface area (Å²) in [5, 5.41) is 0. The van der Waals surface area contributed by atoms with Crippen molar-refractivity contribution in [3.8, 4) is 0 Å². The molecule has 0 atom stereocenters. The molecule has 0 saturated carbocycles. The van der Waals surface area contributed by atoms with Crippen molar-refractivity contribution in [1.82, 2.24) is 0 Å². The van der Waals surface area contributed by atoms with Crippen LogP contribution in [0, 0.1) is 5.82 Å². The number of halogens is 1. The fraction of sp³-hybridized carbons (Fsp3) is 0.231. The lowest BCUT2D eigenvalue weighted by atomic mass is 10.2. The standard InChI is InChI=1S/C13H17FN2/c1-10(2)13(15)8-9-16(3)12-6-4-11(14)5-7-12/h4-9H,15H2,1-3H3/b9-8-. The van der Waals surface area contributed by atoms with Gasteiger partial charge in [-0.25, -0.2) is 4.39 Å². The first-order valence-corrected chi connectivity index (χ1v) is 5.10. The molecule has 86 valence electrons. The molecule has 0 amide bonds. The maximum absolute atomic E-state index is 12.7. The summed E-state index contributed by atoms with van der Waals surface area (Å²) in [5.74, 6) is -0.232. The van der Waals surface area contributed by atoms with Gasteiger partial charge in [-0.3, -0.25) is 0 Å². The number of allylic oxidation sites excluding steroid dienone is 2. The zero-order valence-electron chi connectivity index (χ0n) is 9.87. The maximum atomic E-state index is 12.7. The molecular weight excluding hydrogens is 203 g/mol. The second-order valence-corrected chi connectivity index (χ2v) is 3.86. The van der Waals surface area contributed by atoms with E-state index in [2.05, 4.69) is 0 Å². The van der Waals surface area contributed by atoms with Gasteiger partial charge >= 0.3 is 0 Å². The van der Waals surface area contributed by atoms with Gasteiger partial charge in [0.05, 0.1) is 0 Å². The van der Waals surface area contributed by atoms with Gasteiger partial charge in [-0.1, -0.05) is 5.57 Å². The number of nitrogens with zero attached hydrogens (tertiary/aromatic N) is 1. The van der Waals surface area contributed by atoms with Crippen LogP contribution in [0.2, 0.25) is 0 Å². The first-order chi connectivity index (χ1) is 7.50. The molecule has 0 aromatic heterocycles. The average Bonchev–Trinajstić information content (AvgIpc) is 2.26. The summed E-state index contributed by atoms with van der Waals surface area (Å²) in [6.45, 7) is 3.91. The molecule has 0 aliphatic carbocycles. The second-order valence-electron chi connectivity index (χ2n) is 3.86. The summed E-state index contributed by atoms with van der Waals surface area (Å²) in [6, 6.07) is 6.31. The van der Waals surface area contributed by atoms with Crippen LogP contribution in [-0.2, 0) is 0 Å². The summed E-state index contributed by atoms with van der Waals surface area (Å²) in [4.78, 5) is 1.88. The molecular formula is C13H17FN2. The molecule has 16 heavy (non-hydrogen) atoms. The van der Waals surface area contributed by atoms with Gasteiger partial charge in [-0.2, -0.15) is 0 Å². The van der Waals surface area contributed by atoms with Crippen molar-refractivity contribution < 1.29 is 4.39 Å². The Morgan fingerprint density at radius 3 is 2.31 bits per heavy atom. The maximum Gasteiger partial charge on any atom is 0.123 e. The Balaban J connectivity index is 2.76. The zero-order valence-corrected chi connectivity index (χ0v) is 9.87. The van der Waals surface area contributed by atoms with E-state index in [1.165, 1.54) is 12.1 Å². The van der Waals surface area contributed by atoms with E-state index in [9.17, 15) is 4.39 Å². The van der Waals surface area contributed by atoms with E-state index in [1.54, 1.807) is 12.1 Å². The minimum Gasteiger partial charge on any atom is -0.399 e. The summed E-state index contributed by atoms with van der Waals surface area (Å²) in [7, 11) is 1.89. The third-order valence-corrected chi connectivity index (χ3v) is 2.29. The molecule has 2 nitrogen and oxygen atoms in total. The zero-order chi connectivity index (χ0) is 12.1. The summed E-state index contributed by atoms with van der Waals surface area (Å²) in [5.41, 5.74) is 8.51. The SMILES string of the molecule is CC(C)=C(N)/C=C\N(C)c1ccc(F)cc1. The average molecular weight is 220 g/mol. The Hall–Kier alpha value is -1.77. The van der Waals surface area contributed by atoms with E-state index in [1.807, 2.05) is 38.1 Å². The molecule has 3 heteroatoms.